The number of nitrogens with one attached hydrogen (secondary N) is 1. The quantitative estimate of drug-likeness (QED) is 0.939. The zero-order valence-corrected chi connectivity index (χ0v) is 12.6. The molecule has 4 nitrogen and oxygen atoms in total. The number of anilines is 1. The summed E-state index contributed by atoms with van der Waals surface area (Å²) in [6, 6.07) is 13.8. The summed E-state index contributed by atoms with van der Waals surface area (Å²) in [5.41, 5.74) is 3.02. The molecule has 0 radical (unpaired) electrons. The van der Waals surface area contributed by atoms with E-state index in [0.29, 0.717) is 24.5 Å². The van der Waals surface area contributed by atoms with E-state index in [-0.39, 0.29) is 5.91 Å². The standard InChI is InChI=1S/C18H19NO3/c1-21-16-11-15-14(8-5-9-18(20)19-15)10-17(16)22-12-13-6-3-2-4-7-13/h2-4,6-7,10-11H,5,8-9,12H2,1H3,(H,19,20). The van der Waals surface area contributed by atoms with Gasteiger partial charge in [0, 0.05) is 18.2 Å². The number of ether oxygens (including phenoxy) is 2. The summed E-state index contributed by atoms with van der Waals surface area (Å²) < 4.78 is 11.3. The molecule has 0 bridgehead atoms. The van der Waals surface area contributed by atoms with E-state index in [0.717, 1.165) is 29.7 Å². The Morgan fingerprint density at radius 1 is 1.09 bits per heavy atom. The maximum absolute atomic E-state index is 11.7. The summed E-state index contributed by atoms with van der Waals surface area (Å²) in [7, 11) is 1.61. The van der Waals surface area contributed by atoms with Gasteiger partial charge in [-0.3, -0.25) is 4.79 Å². The van der Waals surface area contributed by atoms with Crippen molar-refractivity contribution >= 4 is 11.6 Å². The van der Waals surface area contributed by atoms with Crippen LogP contribution in [0.4, 0.5) is 5.69 Å². The van der Waals surface area contributed by atoms with Crippen molar-refractivity contribution in [3.8, 4) is 11.5 Å². The van der Waals surface area contributed by atoms with Crippen LogP contribution < -0.4 is 14.8 Å². The molecule has 22 heavy (non-hydrogen) atoms. The van der Waals surface area contributed by atoms with Gasteiger partial charge in [0.2, 0.25) is 5.91 Å². The lowest BCUT2D eigenvalue weighted by atomic mass is 10.1. The van der Waals surface area contributed by atoms with Crippen molar-refractivity contribution in [1.82, 2.24) is 0 Å². The van der Waals surface area contributed by atoms with Crippen LogP contribution in [-0.4, -0.2) is 13.0 Å². The Bertz CT molecular complexity index is 668. The molecule has 0 saturated carbocycles. The monoisotopic (exact) mass is 297 g/mol. The highest BCUT2D eigenvalue weighted by Crippen LogP contribution is 2.36. The van der Waals surface area contributed by atoms with Crippen LogP contribution >= 0.6 is 0 Å². The summed E-state index contributed by atoms with van der Waals surface area (Å²) in [6.07, 6.45) is 2.26. The number of benzene rings is 2. The van der Waals surface area contributed by atoms with Gasteiger partial charge >= 0.3 is 0 Å². The molecule has 2 aromatic rings. The average Bonchev–Trinajstić information content (AvgIpc) is 2.73. The number of fused-ring (bicyclic) bond motifs is 1. The third-order valence-electron chi connectivity index (χ3n) is 3.75. The van der Waals surface area contributed by atoms with E-state index in [4.69, 9.17) is 9.47 Å². The van der Waals surface area contributed by atoms with Crippen molar-refractivity contribution < 1.29 is 14.3 Å². The predicted octanol–water partition coefficient (Wildman–Crippen LogP) is 3.55. The highest BCUT2D eigenvalue weighted by Gasteiger charge is 2.17. The van der Waals surface area contributed by atoms with Crippen LogP contribution in [0.25, 0.3) is 0 Å². The van der Waals surface area contributed by atoms with Gasteiger partial charge in [0.25, 0.3) is 0 Å². The summed E-state index contributed by atoms with van der Waals surface area (Å²) in [6.45, 7) is 0.488. The topological polar surface area (TPSA) is 47.6 Å². The van der Waals surface area contributed by atoms with Crippen molar-refractivity contribution in [2.24, 2.45) is 0 Å². The second-order valence-corrected chi connectivity index (χ2v) is 5.34. The molecule has 114 valence electrons. The minimum Gasteiger partial charge on any atom is -0.493 e. The molecule has 4 heteroatoms. The number of rotatable bonds is 4. The second-order valence-electron chi connectivity index (χ2n) is 5.34. The van der Waals surface area contributed by atoms with E-state index >= 15 is 0 Å². The summed E-state index contributed by atoms with van der Waals surface area (Å²) in [4.78, 5) is 11.7. The zero-order chi connectivity index (χ0) is 15.4. The van der Waals surface area contributed by atoms with Gasteiger partial charge in [-0.25, -0.2) is 0 Å². The SMILES string of the molecule is COc1cc2c(cc1OCc1ccccc1)CCCC(=O)N2. The van der Waals surface area contributed by atoms with E-state index < -0.39 is 0 Å². The highest BCUT2D eigenvalue weighted by molar-refractivity contribution is 5.92. The Morgan fingerprint density at radius 2 is 1.91 bits per heavy atom. The molecule has 1 aliphatic heterocycles. The van der Waals surface area contributed by atoms with Gasteiger partial charge in [0.1, 0.15) is 6.61 Å². The Balaban J connectivity index is 1.84. The molecular weight excluding hydrogens is 278 g/mol. The molecule has 1 amide bonds. The molecule has 0 atom stereocenters. The lowest BCUT2D eigenvalue weighted by Gasteiger charge is -2.15. The third kappa shape index (κ3) is 3.22. The van der Waals surface area contributed by atoms with Crippen molar-refractivity contribution in [2.45, 2.75) is 25.9 Å². The predicted molar refractivity (Wildman–Crippen MR) is 85.3 cm³/mol. The van der Waals surface area contributed by atoms with Crippen LogP contribution in [0.15, 0.2) is 42.5 Å². The Labute approximate surface area is 130 Å². The Kier molecular flexibility index (Phi) is 4.28. The maximum atomic E-state index is 11.7. The Morgan fingerprint density at radius 3 is 2.68 bits per heavy atom. The van der Waals surface area contributed by atoms with Gasteiger partial charge in [-0.2, -0.15) is 0 Å². The smallest absolute Gasteiger partial charge is 0.224 e. The minimum atomic E-state index is 0.0544. The van der Waals surface area contributed by atoms with Gasteiger partial charge in [-0.1, -0.05) is 30.3 Å². The first kappa shape index (κ1) is 14.4. The fourth-order valence-electron chi connectivity index (χ4n) is 2.58. The molecule has 2 aromatic carbocycles. The third-order valence-corrected chi connectivity index (χ3v) is 3.75. The molecule has 0 spiro atoms. The number of carbonyl (C=O) groups is 1. The highest BCUT2D eigenvalue weighted by atomic mass is 16.5. The van der Waals surface area contributed by atoms with Crippen molar-refractivity contribution in [3.63, 3.8) is 0 Å². The lowest BCUT2D eigenvalue weighted by Crippen LogP contribution is -2.09. The lowest BCUT2D eigenvalue weighted by molar-refractivity contribution is -0.116. The first-order valence-corrected chi connectivity index (χ1v) is 7.44. The number of hydrogen-bond donors (Lipinski definition) is 1. The van der Waals surface area contributed by atoms with Crippen LogP contribution in [-0.2, 0) is 17.8 Å². The molecule has 0 aliphatic carbocycles. The summed E-state index contributed by atoms with van der Waals surface area (Å²) in [5, 5.41) is 2.92. The summed E-state index contributed by atoms with van der Waals surface area (Å²) >= 11 is 0. The van der Waals surface area contributed by atoms with Crippen LogP contribution in [0.5, 0.6) is 11.5 Å². The van der Waals surface area contributed by atoms with Crippen LogP contribution in [0.1, 0.15) is 24.0 Å². The Hall–Kier alpha value is -2.49. The zero-order valence-electron chi connectivity index (χ0n) is 12.6. The fourth-order valence-corrected chi connectivity index (χ4v) is 2.58. The van der Waals surface area contributed by atoms with Crippen molar-refractivity contribution in [2.75, 3.05) is 12.4 Å². The molecule has 1 aliphatic rings. The van der Waals surface area contributed by atoms with Gasteiger partial charge in [-0.15, -0.1) is 0 Å². The van der Waals surface area contributed by atoms with Crippen LogP contribution in [0, 0.1) is 0 Å². The molecule has 1 heterocycles. The minimum absolute atomic E-state index is 0.0544. The van der Waals surface area contributed by atoms with Crippen LogP contribution in [0.2, 0.25) is 0 Å². The number of carbonyl (C=O) groups excluding carboxylic acids is 1. The number of hydrogen-bond acceptors (Lipinski definition) is 3. The van der Waals surface area contributed by atoms with Crippen LogP contribution in [0.3, 0.4) is 0 Å². The molecule has 3 rings (SSSR count). The molecule has 1 N–H and O–H groups in total. The van der Waals surface area contributed by atoms with Crippen molar-refractivity contribution in [3.05, 3.63) is 53.6 Å². The second kappa shape index (κ2) is 6.52. The van der Waals surface area contributed by atoms with E-state index in [2.05, 4.69) is 5.32 Å². The van der Waals surface area contributed by atoms with Gasteiger partial charge in [-0.05, 0) is 30.0 Å². The first-order valence-electron chi connectivity index (χ1n) is 7.44. The largest absolute Gasteiger partial charge is 0.493 e. The van der Waals surface area contributed by atoms with E-state index in [1.807, 2.05) is 42.5 Å². The molecule has 0 saturated heterocycles. The normalized spacial score (nSPS) is 13.8. The number of aryl methyl sites for hydroxylation is 1. The molecule has 0 fully saturated rings. The van der Waals surface area contributed by atoms with Gasteiger partial charge in [0.15, 0.2) is 11.5 Å². The first-order chi connectivity index (χ1) is 10.8. The van der Waals surface area contributed by atoms with E-state index in [1.54, 1.807) is 7.11 Å². The molecule has 0 unspecified atom stereocenters. The van der Waals surface area contributed by atoms with E-state index in [1.165, 1.54) is 0 Å². The van der Waals surface area contributed by atoms with Crippen molar-refractivity contribution in [1.29, 1.82) is 0 Å². The van der Waals surface area contributed by atoms with Gasteiger partial charge < -0.3 is 14.8 Å². The maximum Gasteiger partial charge on any atom is 0.224 e. The molecule has 0 aromatic heterocycles. The fraction of sp³-hybridized carbons (Fsp3) is 0.278. The number of methoxy groups -OCH3 is 1. The molecular formula is C18H19NO3. The average molecular weight is 297 g/mol. The van der Waals surface area contributed by atoms with E-state index in [9.17, 15) is 4.79 Å². The number of amides is 1. The summed E-state index contributed by atoms with van der Waals surface area (Å²) in [5.74, 6) is 1.40. The van der Waals surface area contributed by atoms with Gasteiger partial charge in [0.05, 0.1) is 7.11 Å².